The van der Waals surface area contributed by atoms with Gasteiger partial charge < -0.3 is 10.7 Å². The number of hydrogen-bond acceptors (Lipinski definition) is 2. The molecule has 2 rings (SSSR count). The van der Waals surface area contributed by atoms with Gasteiger partial charge in [0.15, 0.2) is 0 Å². The molecule has 0 spiro atoms. The van der Waals surface area contributed by atoms with E-state index in [1.807, 2.05) is 6.07 Å². The Labute approximate surface area is 79.7 Å². The van der Waals surface area contributed by atoms with Crippen LogP contribution in [0.25, 0.3) is 10.9 Å². The predicted octanol–water partition coefficient (Wildman–Crippen LogP) is 2.28. The SMILES string of the molecule is N#Cc1c[nH]c2c(N)ccc(Cl)c12. The van der Waals surface area contributed by atoms with Crippen LogP contribution in [0.1, 0.15) is 5.56 Å². The van der Waals surface area contributed by atoms with E-state index >= 15 is 0 Å². The first-order chi connectivity index (χ1) is 6.24. The number of nitrogen functional groups attached to an aromatic ring is 1. The van der Waals surface area contributed by atoms with E-state index in [4.69, 9.17) is 22.6 Å². The number of hydrogen-bond donors (Lipinski definition) is 2. The van der Waals surface area contributed by atoms with Crippen molar-refractivity contribution in [2.75, 3.05) is 5.73 Å². The average molecular weight is 192 g/mol. The van der Waals surface area contributed by atoms with Crippen LogP contribution in [0.5, 0.6) is 0 Å². The molecule has 0 aliphatic heterocycles. The first kappa shape index (κ1) is 7.96. The fourth-order valence-corrected chi connectivity index (χ4v) is 1.58. The maximum atomic E-state index is 8.77. The van der Waals surface area contributed by atoms with Gasteiger partial charge in [-0.05, 0) is 12.1 Å². The first-order valence-electron chi connectivity index (χ1n) is 3.69. The predicted molar refractivity (Wildman–Crippen MR) is 52.4 cm³/mol. The highest BCUT2D eigenvalue weighted by molar-refractivity contribution is 6.36. The van der Waals surface area contributed by atoms with E-state index in [0.717, 1.165) is 5.52 Å². The van der Waals surface area contributed by atoms with Crippen molar-refractivity contribution in [2.24, 2.45) is 0 Å². The zero-order valence-corrected chi connectivity index (χ0v) is 7.39. The molecule has 4 heteroatoms. The van der Waals surface area contributed by atoms with Gasteiger partial charge in [0.2, 0.25) is 0 Å². The van der Waals surface area contributed by atoms with Crippen LogP contribution in [0.4, 0.5) is 5.69 Å². The molecule has 1 aromatic carbocycles. The van der Waals surface area contributed by atoms with Gasteiger partial charge in [0.25, 0.3) is 0 Å². The number of benzene rings is 1. The lowest BCUT2D eigenvalue weighted by Crippen LogP contribution is -1.86. The summed E-state index contributed by atoms with van der Waals surface area (Å²) in [6.45, 7) is 0. The third kappa shape index (κ3) is 1.04. The van der Waals surface area contributed by atoms with E-state index in [9.17, 15) is 0 Å². The summed E-state index contributed by atoms with van der Waals surface area (Å²) in [5, 5.41) is 10.0. The molecule has 0 bridgehead atoms. The van der Waals surface area contributed by atoms with Crippen molar-refractivity contribution in [1.82, 2.24) is 4.98 Å². The molecule has 0 radical (unpaired) electrons. The molecule has 3 N–H and O–H groups in total. The Balaban J connectivity index is 2.98. The summed E-state index contributed by atoms with van der Waals surface area (Å²) in [5.41, 5.74) is 7.54. The minimum absolute atomic E-state index is 0.521. The highest BCUT2D eigenvalue weighted by atomic mass is 35.5. The second-order valence-electron chi connectivity index (χ2n) is 2.70. The molecule has 1 heterocycles. The molecule has 0 fully saturated rings. The van der Waals surface area contributed by atoms with Crippen molar-refractivity contribution >= 4 is 28.2 Å². The van der Waals surface area contributed by atoms with Crippen LogP contribution in [0.3, 0.4) is 0 Å². The zero-order valence-electron chi connectivity index (χ0n) is 6.63. The molecule has 0 amide bonds. The Kier molecular flexibility index (Phi) is 1.64. The van der Waals surface area contributed by atoms with Gasteiger partial charge in [-0.3, -0.25) is 0 Å². The minimum atomic E-state index is 0.521. The van der Waals surface area contributed by atoms with Crippen LogP contribution >= 0.6 is 11.6 Å². The number of nitriles is 1. The number of H-pyrrole nitrogens is 1. The van der Waals surface area contributed by atoms with E-state index in [1.54, 1.807) is 18.3 Å². The zero-order chi connectivity index (χ0) is 9.42. The fraction of sp³-hybridized carbons (Fsp3) is 0. The standard InChI is InChI=1S/C9H6ClN3/c10-6-1-2-7(12)9-8(6)5(3-11)4-13-9/h1-2,4,13H,12H2. The molecule has 0 aliphatic carbocycles. The van der Waals surface area contributed by atoms with Gasteiger partial charge in [0.1, 0.15) is 6.07 Å². The Morgan fingerprint density at radius 1 is 1.46 bits per heavy atom. The second kappa shape index (κ2) is 2.68. The van der Waals surface area contributed by atoms with E-state index in [0.29, 0.717) is 21.7 Å². The Morgan fingerprint density at radius 3 is 2.92 bits per heavy atom. The summed E-state index contributed by atoms with van der Waals surface area (Å²) in [7, 11) is 0. The summed E-state index contributed by atoms with van der Waals surface area (Å²) in [6.07, 6.45) is 1.60. The molecule has 0 saturated carbocycles. The van der Waals surface area contributed by atoms with E-state index in [2.05, 4.69) is 4.98 Å². The van der Waals surface area contributed by atoms with Gasteiger partial charge in [-0.2, -0.15) is 5.26 Å². The third-order valence-electron chi connectivity index (χ3n) is 1.94. The molecule has 0 atom stereocenters. The van der Waals surface area contributed by atoms with Gasteiger partial charge in [-0.15, -0.1) is 0 Å². The molecular formula is C9H6ClN3. The van der Waals surface area contributed by atoms with Gasteiger partial charge in [0.05, 0.1) is 21.8 Å². The summed E-state index contributed by atoms with van der Waals surface area (Å²) in [5.74, 6) is 0. The van der Waals surface area contributed by atoms with E-state index < -0.39 is 0 Å². The number of nitrogens with two attached hydrogens (primary N) is 1. The van der Waals surface area contributed by atoms with Crippen molar-refractivity contribution < 1.29 is 0 Å². The molecule has 2 aromatic rings. The maximum absolute atomic E-state index is 8.77. The Hall–Kier alpha value is -1.66. The lowest BCUT2D eigenvalue weighted by Gasteiger charge is -1.97. The van der Waals surface area contributed by atoms with E-state index in [1.165, 1.54) is 0 Å². The number of rotatable bonds is 0. The van der Waals surface area contributed by atoms with Crippen LogP contribution in [-0.2, 0) is 0 Å². The number of nitrogens with one attached hydrogen (secondary N) is 1. The Morgan fingerprint density at radius 2 is 2.23 bits per heavy atom. The molecule has 0 aliphatic rings. The van der Waals surface area contributed by atoms with Crippen molar-refractivity contribution in [3.8, 4) is 6.07 Å². The summed E-state index contributed by atoms with van der Waals surface area (Å²) >= 11 is 5.93. The number of aromatic nitrogens is 1. The molecule has 64 valence electrons. The summed E-state index contributed by atoms with van der Waals surface area (Å²) in [6, 6.07) is 5.45. The summed E-state index contributed by atoms with van der Waals surface area (Å²) < 4.78 is 0. The number of anilines is 1. The van der Waals surface area contributed by atoms with Gasteiger partial charge in [-0.1, -0.05) is 11.6 Å². The average Bonchev–Trinajstić information content (AvgIpc) is 2.56. The minimum Gasteiger partial charge on any atom is -0.397 e. The van der Waals surface area contributed by atoms with Crippen molar-refractivity contribution in [3.05, 3.63) is 28.9 Å². The van der Waals surface area contributed by atoms with Crippen LogP contribution in [0.15, 0.2) is 18.3 Å². The lowest BCUT2D eigenvalue weighted by atomic mass is 10.1. The number of nitrogens with zero attached hydrogens (tertiary/aromatic N) is 1. The third-order valence-corrected chi connectivity index (χ3v) is 2.25. The maximum Gasteiger partial charge on any atom is 0.101 e. The molecule has 0 unspecified atom stereocenters. The molecule has 13 heavy (non-hydrogen) atoms. The number of aromatic amines is 1. The van der Waals surface area contributed by atoms with Crippen LogP contribution in [0.2, 0.25) is 5.02 Å². The van der Waals surface area contributed by atoms with Gasteiger partial charge in [-0.25, -0.2) is 0 Å². The van der Waals surface area contributed by atoms with Crippen LogP contribution in [-0.4, -0.2) is 4.98 Å². The smallest absolute Gasteiger partial charge is 0.101 e. The van der Waals surface area contributed by atoms with Crippen molar-refractivity contribution in [3.63, 3.8) is 0 Å². The topological polar surface area (TPSA) is 65.6 Å². The molecule has 3 nitrogen and oxygen atoms in total. The monoisotopic (exact) mass is 191 g/mol. The normalized spacial score (nSPS) is 10.2. The Bertz CT molecular complexity index is 507. The largest absolute Gasteiger partial charge is 0.397 e. The van der Waals surface area contributed by atoms with Crippen molar-refractivity contribution in [1.29, 1.82) is 5.26 Å². The van der Waals surface area contributed by atoms with E-state index in [-0.39, 0.29) is 0 Å². The highest BCUT2D eigenvalue weighted by Gasteiger charge is 2.08. The van der Waals surface area contributed by atoms with Crippen LogP contribution in [0, 0.1) is 11.3 Å². The van der Waals surface area contributed by atoms with Crippen molar-refractivity contribution in [2.45, 2.75) is 0 Å². The number of halogens is 1. The molecular weight excluding hydrogens is 186 g/mol. The first-order valence-corrected chi connectivity index (χ1v) is 4.07. The highest BCUT2D eigenvalue weighted by Crippen LogP contribution is 2.29. The van der Waals surface area contributed by atoms with Crippen LogP contribution < -0.4 is 5.73 Å². The van der Waals surface area contributed by atoms with Gasteiger partial charge >= 0.3 is 0 Å². The summed E-state index contributed by atoms with van der Waals surface area (Å²) in [4.78, 5) is 2.92. The second-order valence-corrected chi connectivity index (χ2v) is 3.11. The van der Waals surface area contributed by atoms with Gasteiger partial charge in [0, 0.05) is 11.6 Å². The fourth-order valence-electron chi connectivity index (χ4n) is 1.32. The quantitative estimate of drug-likeness (QED) is 0.628. The molecule has 1 aromatic heterocycles. The molecule has 0 saturated heterocycles. The number of fused-ring (bicyclic) bond motifs is 1. The lowest BCUT2D eigenvalue weighted by molar-refractivity contribution is 1.45.